The summed E-state index contributed by atoms with van der Waals surface area (Å²) >= 11 is 0. The molecule has 0 saturated carbocycles. The van der Waals surface area contributed by atoms with Crippen LogP contribution in [0.1, 0.15) is 50.3 Å². The molecule has 0 fully saturated rings. The van der Waals surface area contributed by atoms with Gasteiger partial charge in [0.25, 0.3) is 0 Å². The van der Waals surface area contributed by atoms with E-state index in [-0.39, 0.29) is 17.2 Å². The molecule has 0 spiro atoms. The molecule has 0 atom stereocenters. The third-order valence-corrected chi connectivity index (χ3v) is 3.38. The highest BCUT2D eigenvalue weighted by Crippen LogP contribution is 2.27. The van der Waals surface area contributed by atoms with E-state index in [1.54, 1.807) is 0 Å². The van der Waals surface area contributed by atoms with E-state index in [2.05, 4.69) is 26.1 Å². The maximum absolute atomic E-state index is 14.1. The van der Waals surface area contributed by atoms with Gasteiger partial charge >= 0.3 is 0 Å². The molecule has 0 bridgehead atoms. The monoisotopic (exact) mass is 279 g/mol. The fourth-order valence-electron chi connectivity index (χ4n) is 2.12. The molecule has 4 heteroatoms. The summed E-state index contributed by atoms with van der Waals surface area (Å²) in [6.07, 6.45) is 2.47. The van der Waals surface area contributed by atoms with Gasteiger partial charge < -0.3 is 11.1 Å². The molecule has 0 aliphatic heterocycles. The van der Waals surface area contributed by atoms with Crippen LogP contribution in [0.5, 0.6) is 0 Å². The van der Waals surface area contributed by atoms with Gasteiger partial charge in [-0.3, -0.25) is 5.41 Å². The Morgan fingerprint density at radius 2 is 1.95 bits per heavy atom. The Balaban J connectivity index is 2.69. The van der Waals surface area contributed by atoms with Gasteiger partial charge in [0.1, 0.15) is 5.82 Å². The Labute approximate surface area is 121 Å². The van der Waals surface area contributed by atoms with E-state index in [9.17, 15) is 4.39 Å². The van der Waals surface area contributed by atoms with Gasteiger partial charge in [-0.25, -0.2) is 4.39 Å². The average molecular weight is 279 g/mol. The van der Waals surface area contributed by atoms with Crippen LogP contribution in [0.4, 0.5) is 4.39 Å². The van der Waals surface area contributed by atoms with E-state index in [0.29, 0.717) is 12.1 Å². The smallest absolute Gasteiger partial charge is 0.185 e. The highest BCUT2D eigenvalue weighted by atomic mass is 19.1. The topological polar surface area (TPSA) is 61.9 Å². The van der Waals surface area contributed by atoms with Gasteiger partial charge in [0, 0.05) is 6.54 Å². The van der Waals surface area contributed by atoms with Gasteiger partial charge in [0.15, 0.2) is 5.96 Å². The van der Waals surface area contributed by atoms with E-state index in [4.69, 9.17) is 11.1 Å². The molecule has 20 heavy (non-hydrogen) atoms. The number of hydrogen-bond donors (Lipinski definition) is 3. The SMILES string of the molecule is Cc1cc(C(C)(C)C)cc(CCCCNC(=N)N)c1F. The molecule has 1 aromatic carbocycles. The minimum atomic E-state index is -0.0856. The lowest BCUT2D eigenvalue weighted by Crippen LogP contribution is -2.30. The summed E-state index contributed by atoms with van der Waals surface area (Å²) in [6, 6.07) is 3.93. The van der Waals surface area contributed by atoms with Gasteiger partial charge in [-0.1, -0.05) is 32.9 Å². The number of rotatable bonds is 5. The first kappa shape index (κ1) is 16.5. The van der Waals surface area contributed by atoms with Crippen LogP contribution in [0.15, 0.2) is 12.1 Å². The van der Waals surface area contributed by atoms with Crippen molar-refractivity contribution in [3.05, 3.63) is 34.6 Å². The molecule has 0 aliphatic carbocycles. The van der Waals surface area contributed by atoms with Crippen LogP contribution >= 0.6 is 0 Å². The minimum Gasteiger partial charge on any atom is -0.370 e. The highest BCUT2D eigenvalue weighted by molar-refractivity contribution is 5.74. The lowest BCUT2D eigenvalue weighted by molar-refractivity contribution is 0.566. The molecule has 0 amide bonds. The molecular formula is C16H26FN3. The average Bonchev–Trinajstić information content (AvgIpc) is 2.31. The second-order valence-electron chi connectivity index (χ2n) is 6.31. The van der Waals surface area contributed by atoms with Crippen molar-refractivity contribution in [2.24, 2.45) is 5.73 Å². The lowest BCUT2D eigenvalue weighted by Gasteiger charge is -2.21. The Hall–Kier alpha value is -1.58. The number of aryl methyl sites for hydroxylation is 2. The summed E-state index contributed by atoms with van der Waals surface area (Å²) in [6.45, 7) is 8.90. The van der Waals surface area contributed by atoms with Crippen molar-refractivity contribution in [1.82, 2.24) is 5.32 Å². The van der Waals surface area contributed by atoms with Crippen molar-refractivity contribution in [2.45, 2.75) is 52.4 Å². The van der Waals surface area contributed by atoms with E-state index >= 15 is 0 Å². The molecule has 0 saturated heterocycles. The summed E-state index contributed by atoms with van der Waals surface area (Å²) in [5, 5.41) is 9.82. The standard InChI is InChI=1S/C16H26FN3/c1-11-9-13(16(2,3)4)10-12(14(11)17)7-5-6-8-20-15(18)19/h9-10H,5-8H2,1-4H3,(H4,18,19,20). The van der Waals surface area contributed by atoms with Crippen LogP contribution in [0.25, 0.3) is 0 Å². The predicted molar refractivity (Wildman–Crippen MR) is 82.7 cm³/mol. The zero-order valence-electron chi connectivity index (χ0n) is 12.9. The van der Waals surface area contributed by atoms with Crippen LogP contribution in [0.3, 0.4) is 0 Å². The molecule has 0 radical (unpaired) electrons. The van der Waals surface area contributed by atoms with Gasteiger partial charge in [-0.05, 0) is 48.3 Å². The molecular weight excluding hydrogens is 253 g/mol. The van der Waals surface area contributed by atoms with Crippen molar-refractivity contribution in [3.63, 3.8) is 0 Å². The quantitative estimate of drug-likeness (QED) is 0.440. The molecule has 4 N–H and O–H groups in total. The number of halogens is 1. The number of benzene rings is 1. The van der Waals surface area contributed by atoms with Crippen LogP contribution in [-0.4, -0.2) is 12.5 Å². The van der Waals surface area contributed by atoms with Crippen LogP contribution in [0.2, 0.25) is 0 Å². The van der Waals surface area contributed by atoms with Crippen LogP contribution in [0, 0.1) is 18.2 Å². The first-order chi connectivity index (χ1) is 9.21. The normalized spacial score (nSPS) is 11.4. The molecule has 0 heterocycles. The van der Waals surface area contributed by atoms with Crippen molar-refractivity contribution < 1.29 is 4.39 Å². The predicted octanol–water partition coefficient (Wildman–Crippen LogP) is 3.24. The maximum Gasteiger partial charge on any atom is 0.185 e. The van der Waals surface area contributed by atoms with Crippen LogP contribution in [-0.2, 0) is 11.8 Å². The van der Waals surface area contributed by atoms with Crippen molar-refractivity contribution in [1.29, 1.82) is 5.41 Å². The van der Waals surface area contributed by atoms with Crippen molar-refractivity contribution in [2.75, 3.05) is 6.54 Å². The first-order valence-corrected chi connectivity index (χ1v) is 7.09. The van der Waals surface area contributed by atoms with E-state index < -0.39 is 0 Å². The highest BCUT2D eigenvalue weighted by Gasteiger charge is 2.17. The van der Waals surface area contributed by atoms with Crippen molar-refractivity contribution in [3.8, 4) is 0 Å². The first-order valence-electron chi connectivity index (χ1n) is 7.09. The number of unbranched alkanes of at least 4 members (excludes halogenated alkanes) is 1. The largest absolute Gasteiger partial charge is 0.370 e. The summed E-state index contributed by atoms with van der Waals surface area (Å²) in [5.74, 6) is -0.0979. The third kappa shape index (κ3) is 4.83. The zero-order valence-corrected chi connectivity index (χ0v) is 12.9. The van der Waals surface area contributed by atoms with Crippen molar-refractivity contribution >= 4 is 5.96 Å². The number of nitrogens with two attached hydrogens (primary N) is 1. The summed E-state index contributed by atoms with van der Waals surface area (Å²) in [4.78, 5) is 0. The molecule has 0 unspecified atom stereocenters. The third-order valence-electron chi connectivity index (χ3n) is 3.38. The number of hydrogen-bond acceptors (Lipinski definition) is 1. The lowest BCUT2D eigenvalue weighted by atomic mass is 9.84. The second kappa shape index (κ2) is 6.73. The minimum absolute atomic E-state index is 0.0123. The van der Waals surface area contributed by atoms with Gasteiger partial charge in [0.05, 0.1) is 0 Å². The summed E-state index contributed by atoms with van der Waals surface area (Å²) < 4.78 is 14.1. The number of nitrogens with one attached hydrogen (secondary N) is 2. The Kier molecular flexibility index (Phi) is 5.54. The van der Waals surface area contributed by atoms with Gasteiger partial charge in [0.2, 0.25) is 0 Å². The van der Waals surface area contributed by atoms with E-state index in [1.165, 1.54) is 5.56 Å². The van der Waals surface area contributed by atoms with Gasteiger partial charge in [-0.2, -0.15) is 0 Å². The van der Waals surface area contributed by atoms with Crippen LogP contribution < -0.4 is 11.1 Å². The Morgan fingerprint density at radius 3 is 2.50 bits per heavy atom. The molecule has 1 aromatic rings. The molecule has 0 aromatic heterocycles. The Bertz CT molecular complexity index is 475. The molecule has 112 valence electrons. The van der Waals surface area contributed by atoms with E-state index in [0.717, 1.165) is 24.8 Å². The molecule has 1 rings (SSSR count). The Morgan fingerprint density at radius 1 is 1.30 bits per heavy atom. The fourth-order valence-corrected chi connectivity index (χ4v) is 2.12. The maximum atomic E-state index is 14.1. The zero-order chi connectivity index (χ0) is 15.3. The summed E-state index contributed by atoms with van der Waals surface area (Å²) in [7, 11) is 0. The fraction of sp³-hybridized carbons (Fsp3) is 0.562. The molecule has 3 nitrogen and oxygen atoms in total. The van der Waals surface area contributed by atoms with E-state index in [1.807, 2.05) is 19.1 Å². The van der Waals surface area contributed by atoms with Gasteiger partial charge in [-0.15, -0.1) is 0 Å². The summed E-state index contributed by atoms with van der Waals surface area (Å²) in [5.41, 5.74) is 7.92. The molecule has 0 aliphatic rings. The number of guanidine groups is 1. The second-order valence-corrected chi connectivity index (χ2v) is 6.31.